The zero-order valence-corrected chi connectivity index (χ0v) is 49.9. The molecule has 12 atom stereocenters. The van der Waals surface area contributed by atoms with Crippen LogP contribution in [0.3, 0.4) is 0 Å². The van der Waals surface area contributed by atoms with Crippen molar-refractivity contribution >= 4 is 5.91 Å². The molecule has 0 aliphatic carbocycles. The number of hydrogen-bond acceptors (Lipinski definition) is 13. The molecule has 1 amide bonds. The minimum Gasteiger partial charge on any atom is -0.394 e. The first-order chi connectivity index (χ1) is 40.1. The van der Waals surface area contributed by atoms with E-state index in [1.165, 1.54) is 44.9 Å². The Morgan fingerprint density at radius 1 is 0.451 bits per heavy atom. The third-order valence-electron chi connectivity index (χ3n) is 14.0. The van der Waals surface area contributed by atoms with Gasteiger partial charge in [-0.25, -0.2) is 0 Å². The molecule has 2 saturated heterocycles. The molecule has 0 aromatic heterocycles. The van der Waals surface area contributed by atoms with Crippen molar-refractivity contribution < 1.29 is 64.6 Å². The third kappa shape index (κ3) is 35.9. The predicted molar refractivity (Wildman–Crippen MR) is 331 cm³/mol. The number of carbonyl (C=O) groups excluding carboxylic acids is 1. The average molecular weight is 1150 g/mol. The van der Waals surface area contributed by atoms with E-state index in [1.54, 1.807) is 6.08 Å². The first kappa shape index (κ1) is 74.0. The maximum Gasteiger partial charge on any atom is 0.220 e. The molecule has 464 valence electrons. The molecule has 0 bridgehead atoms. The van der Waals surface area contributed by atoms with Crippen LogP contribution in [-0.4, -0.2) is 140 Å². The van der Waals surface area contributed by atoms with E-state index in [1.807, 2.05) is 6.08 Å². The largest absolute Gasteiger partial charge is 0.394 e. The summed E-state index contributed by atoms with van der Waals surface area (Å²) >= 11 is 0. The van der Waals surface area contributed by atoms with Crippen LogP contribution in [0.15, 0.2) is 146 Å². The van der Waals surface area contributed by atoms with Gasteiger partial charge in [0.1, 0.15) is 48.8 Å². The highest BCUT2D eigenvalue weighted by molar-refractivity contribution is 5.76. The van der Waals surface area contributed by atoms with Gasteiger partial charge in [0.25, 0.3) is 0 Å². The number of ether oxygens (including phenoxy) is 4. The van der Waals surface area contributed by atoms with E-state index in [-0.39, 0.29) is 18.9 Å². The first-order valence-corrected chi connectivity index (χ1v) is 31.1. The van der Waals surface area contributed by atoms with Gasteiger partial charge in [0.15, 0.2) is 12.6 Å². The number of unbranched alkanes of at least 4 members (excludes halogenated alkanes) is 12. The van der Waals surface area contributed by atoms with Crippen molar-refractivity contribution in [2.45, 2.75) is 254 Å². The molecule has 12 unspecified atom stereocenters. The summed E-state index contributed by atoms with van der Waals surface area (Å²) in [5.41, 5.74) is 0. The Balaban J connectivity index is 1.77. The number of aliphatic hydroxyl groups excluding tert-OH is 8. The standard InChI is InChI=1S/C68H109NO13/c1-3-5-7-9-11-13-15-17-19-21-22-23-24-25-26-27-28-29-30-31-32-33-34-36-38-40-42-44-46-48-50-52-60(73)69-56(57(72)51-49-47-45-43-41-39-37-35-20-18-16-14-12-10-8-6-4-2)55-79-67-65(78)63(76)66(59(54-71)81-67)82-68-64(77)62(75)61(74)58(53-70)80-68/h5,7,11,13,17,19-20,22-23,25-26,28-29,31-32,34-36,40-43,49,51,56-59,61-68,70-72,74-78H,3-4,6,8-10,12,14-16,18,21,24,27,30,33,37-39,44-48,50,52-55H2,1-2H3,(H,69,73)/b7-5-,13-11-,19-17-,23-22-,26-25-,29-28-,32-31-,35-20+,36-34-,42-40-,43-41+,51-49+. The molecule has 0 aromatic carbocycles. The number of aliphatic hydroxyl groups is 8. The van der Waals surface area contributed by atoms with Crippen LogP contribution in [0.1, 0.15) is 181 Å². The normalized spacial score (nSPS) is 25.0. The van der Waals surface area contributed by atoms with Gasteiger partial charge in [0.05, 0.1) is 32.0 Å². The van der Waals surface area contributed by atoms with Gasteiger partial charge >= 0.3 is 0 Å². The van der Waals surface area contributed by atoms with Gasteiger partial charge in [0.2, 0.25) is 5.91 Å². The molecule has 0 saturated carbocycles. The van der Waals surface area contributed by atoms with Crippen LogP contribution >= 0.6 is 0 Å². The highest BCUT2D eigenvalue weighted by Gasteiger charge is 2.51. The van der Waals surface area contributed by atoms with Gasteiger partial charge in [0, 0.05) is 6.42 Å². The van der Waals surface area contributed by atoms with Gasteiger partial charge in [-0.05, 0) is 116 Å². The Kier molecular flexibility index (Phi) is 46.3. The Morgan fingerprint density at radius 3 is 1.34 bits per heavy atom. The van der Waals surface area contributed by atoms with E-state index in [0.29, 0.717) is 12.8 Å². The highest BCUT2D eigenvalue weighted by atomic mass is 16.7. The molecule has 2 rings (SSSR count). The molecule has 14 heteroatoms. The Morgan fingerprint density at radius 2 is 0.854 bits per heavy atom. The first-order valence-electron chi connectivity index (χ1n) is 31.1. The monoisotopic (exact) mass is 1150 g/mol. The lowest BCUT2D eigenvalue weighted by atomic mass is 9.97. The van der Waals surface area contributed by atoms with Crippen molar-refractivity contribution in [3.05, 3.63) is 146 Å². The number of rotatable bonds is 47. The molecular weight excluding hydrogens is 1040 g/mol. The van der Waals surface area contributed by atoms with Crippen LogP contribution in [0.25, 0.3) is 0 Å². The van der Waals surface area contributed by atoms with Crippen LogP contribution in [0.5, 0.6) is 0 Å². The van der Waals surface area contributed by atoms with Gasteiger partial charge in [-0.2, -0.15) is 0 Å². The predicted octanol–water partition coefficient (Wildman–Crippen LogP) is 11.3. The second-order valence-corrected chi connectivity index (χ2v) is 21.1. The maximum atomic E-state index is 13.3. The molecule has 9 N–H and O–H groups in total. The smallest absolute Gasteiger partial charge is 0.220 e. The van der Waals surface area contributed by atoms with Crippen molar-refractivity contribution in [3.8, 4) is 0 Å². The van der Waals surface area contributed by atoms with Crippen molar-refractivity contribution in [2.75, 3.05) is 19.8 Å². The van der Waals surface area contributed by atoms with E-state index < -0.39 is 86.8 Å². The van der Waals surface area contributed by atoms with Crippen molar-refractivity contribution in [1.29, 1.82) is 0 Å². The van der Waals surface area contributed by atoms with Crippen LogP contribution in [0.2, 0.25) is 0 Å². The SMILES string of the molecule is CC/C=C\C/C=C\C/C=C\C/C=C\C/C=C\C/C=C\C/C=C\C/C=C\C/C=C\CCCCCC(=O)NC(COC1OC(CO)C(OC2OC(CO)C(O)C(O)C2O)C(O)C1O)C(O)/C=C/CC/C=C/CC/C=C/CCCCCCCCC. The van der Waals surface area contributed by atoms with Crippen LogP contribution in [0.4, 0.5) is 0 Å². The van der Waals surface area contributed by atoms with Gasteiger partial charge in [-0.15, -0.1) is 0 Å². The zero-order valence-electron chi connectivity index (χ0n) is 49.9. The van der Waals surface area contributed by atoms with E-state index in [2.05, 4.69) is 153 Å². The summed E-state index contributed by atoms with van der Waals surface area (Å²) in [5, 5.41) is 87.1. The molecule has 2 aliphatic rings. The quantitative estimate of drug-likeness (QED) is 0.0204. The van der Waals surface area contributed by atoms with Crippen molar-refractivity contribution in [1.82, 2.24) is 5.32 Å². The molecular formula is C68H109NO13. The van der Waals surface area contributed by atoms with E-state index in [9.17, 15) is 45.6 Å². The number of hydrogen-bond donors (Lipinski definition) is 9. The summed E-state index contributed by atoms with van der Waals surface area (Å²) in [4.78, 5) is 13.3. The average Bonchev–Trinajstić information content (AvgIpc) is 3.52. The summed E-state index contributed by atoms with van der Waals surface area (Å²) in [6, 6.07) is -0.968. The lowest BCUT2D eigenvalue weighted by Crippen LogP contribution is -2.65. The molecule has 0 aromatic rings. The zero-order chi connectivity index (χ0) is 59.5. The van der Waals surface area contributed by atoms with Gasteiger partial charge in [-0.3, -0.25) is 4.79 Å². The van der Waals surface area contributed by atoms with Gasteiger partial charge < -0.3 is 65.1 Å². The summed E-state index contributed by atoms with van der Waals surface area (Å²) in [7, 11) is 0. The van der Waals surface area contributed by atoms with E-state index >= 15 is 0 Å². The van der Waals surface area contributed by atoms with E-state index in [4.69, 9.17) is 18.9 Å². The van der Waals surface area contributed by atoms with Crippen LogP contribution < -0.4 is 5.32 Å². The van der Waals surface area contributed by atoms with Crippen molar-refractivity contribution in [2.24, 2.45) is 0 Å². The Hall–Kier alpha value is -4.13. The minimum atomic E-state index is -1.80. The number of allylic oxidation sites excluding steroid dienone is 23. The number of amides is 1. The highest BCUT2D eigenvalue weighted by Crippen LogP contribution is 2.30. The van der Waals surface area contributed by atoms with E-state index in [0.717, 1.165) is 103 Å². The second-order valence-electron chi connectivity index (χ2n) is 21.1. The molecule has 2 aliphatic heterocycles. The summed E-state index contributed by atoms with van der Waals surface area (Å²) in [5.74, 6) is -0.293. The Bertz CT molecular complexity index is 1930. The fraction of sp³-hybridized carbons (Fsp3) is 0.632. The molecule has 0 spiro atoms. The minimum absolute atomic E-state index is 0.219. The topological polar surface area (TPSA) is 228 Å². The summed E-state index contributed by atoms with van der Waals surface area (Å²) in [6.45, 7) is 2.60. The molecule has 2 heterocycles. The van der Waals surface area contributed by atoms with Crippen LogP contribution in [0, 0.1) is 0 Å². The van der Waals surface area contributed by atoms with Crippen LogP contribution in [-0.2, 0) is 23.7 Å². The molecule has 14 nitrogen and oxygen atoms in total. The lowest BCUT2D eigenvalue weighted by Gasteiger charge is -2.46. The third-order valence-corrected chi connectivity index (χ3v) is 14.0. The summed E-state index contributed by atoms with van der Waals surface area (Å²) in [6.07, 6.45) is 60.3. The maximum absolute atomic E-state index is 13.3. The van der Waals surface area contributed by atoms with Crippen molar-refractivity contribution in [3.63, 3.8) is 0 Å². The molecule has 2 fully saturated rings. The Labute approximate surface area is 493 Å². The second kappa shape index (κ2) is 51.3. The molecule has 0 radical (unpaired) electrons. The molecule has 82 heavy (non-hydrogen) atoms. The van der Waals surface area contributed by atoms with Gasteiger partial charge in [-0.1, -0.05) is 205 Å². The number of carbonyl (C=O) groups is 1. The fourth-order valence-electron chi connectivity index (χ4n) is 9.02. The number of nitrogens with one attached hydrogen (secondary N) is 1. The fourth-order valence-corrected chi connectivity index (χ4v) is 9.02. The summed E-state index contributed by atoms with van der Waals surface area (Å²) < 4.78 is 22.7. The lowest BCUT2D eigenvalue weighted by molar-refractivity contribution is -0.359.